The number of rotatable bonds is 4. The number of ether oxygens (including phenoxy) is 2. The Morgan fingerprint density at radius 2 is 1.92 bits per heavy atom. The lowest BCUT2D eigenvalue weighted by Gasteiger charge is -2.27. The maximum absolute atomic E-state index is 14.3. The molecule has 0 heterocycles. The van der Waals surface area contributed by atoms with E-state index in [0.717, 1.165) is 36.5 Å². The normalized spacial score (nSPS) is 16.0. The lowest BCUT2D eigenvalue weighted by Crippen LogP contribution is -2.31. The van der Waals surface area contributed by atoms with E-state index in [1.807, 2.05) is 18.2 Å². The van der Waals surface area contributed by atoms with Gasteiger partial charge in [0.1, 0.15) is 5.82 Å². The first-order valence-electron chi connectivity index (χ1n) is 8.14. The van der Waals surface area contributed by atoms with Crippen LogP contribution >= 0.6 is 0 Å². The number of benzene rings is 2. The standard InChI is InChI=1S/C19H21FN2O3/c1-24-17-9-14(15(20)10-18(17)25-2)19(23)22-16-5-3-4-11-8-12(21)6-7-13(11)16/h6-10,16H,3-5,21H2,1-2H3,(H,22,23). The van der Waals surface area contributed by atoms with Gasteiger partial charge in [-0.2, -0.15) is 0 Å². The molecule has 0 saturated heterocycles. The molecule has 0 bridgehead atoms. The molecule has 0 radical (unpaired) electrons. The molecule has 1 amide bonds. The number of nitrogen functional groups attached to an aromatic ring is 1. The second-order valence-electron chi connectivity index (χ2n) is 6.06. The molecule has 0 spiro atoms. The van der Waals surface area contributed by atoms with Crippen LogP contribution in [0.4, 0.5) is 10.1 Å². The van der Waals surface area contributed by atoms with Gasteiger partial charge in [0.25, 0.3) is 5.91 Å². The van der Waals surface area contributed by atoms with Crippen LogP contribution in [0, 0.1) is 5.82 Å². The minimum Gasteiger partial charge on any atom is -0.493 e. The van der Waals surface area contributed by atoms with Crippen molar-refractivity contribution in [3.05, 3.63) is 52.8 Å². The smallest absolute Gasteiger partial charge is 0.254 e. The number of fused-ring (bicyclic) bond motifs is 1. The van der Waals surface area contributed by atoms with E-state index in [2.05, 4.69) is 5.32 Å². The average molecular weight is 344 g/mol. The van der Waals surface area contributed by atoms with Gasteiger partial charge in [0.15, 0.2) is 11.5 Å². The molecule has 1 unspecified atom stereocenters. The molecule has 5 nitrogen and oxygen atoms in total. The topological polar surface area (TPSA) is 73.6 Å². The van der Waals surface area contributed by atoms with E-state index in [1.165, 1.54) is 20.3 Å². The van der Waals surface area contributed by atoms with Gasteiger partial charge >= 0.3 is 0 Å². The van der Waals surface area contributed by atoms with Crippen molar-refractivity contribution in [2.75, 3.05) is 20.0 Å². The number of methoxy groups -OCH3 is 2. The zero-order chi connectivity index (χ0) is 18.0. The number of aryl methyl sites for hydroxylation is 1. The second-order valence-corrected chi connectivity index (χ2v) is 6.06. The summed E-state index contributed by atoms with van der Waals surface area (Å²) in [7, 11) is 2.86. The van der Waals surface area contributed by atoms with E-state index in [0.29, 0.717) is 11.4 Å². The van der Waals surface area contributed by atoms with Crippen LogP contribution in [-0.2, 0) is 6.42 Å². The van der Waals surface area contributed by atoms with Gasteiger partial charge in [0.05, 0.1) is 25.8 Å². The Morgan fingerprint density at radius 1 is 1.20 bits per heavy atom. The van der Waals surface area contributed by atoms with Crippen molar-refractivity contribution >= 4 is 11.6 Å². The average Bonchev–Trinajstić information content (AvgIpc) is 2.61. The fraction of sp³-hybridized carbons (Fsp3) is 0.316. The highest BCUT2D eigenvalue weighted by molar-refractivity contribution is 5.95. The van der Waals surface area contributed by atoms with Crippen molar-refractivity contribution in [3.8, 4) is 11.5 Å². The van der Waals surface area contributed by atoms with E-state index >= 15 is 0 Å². The van der Waals surface area contributed by atoms with Crippen LogP contribution in [0.5, 0.6) is 11.5 Å². The molecule has 0 saturated carbocycles. The molecular weight excluding hydrogens is 323 g/mol. The summed E-state index contributed by atoms with van der Waals surface area (Å²) in [5, 5.41) is 2.92. The molecule has 3 N–H and O–H groups in total. The third kappa shape index (κ3) is 3.38. The van der Waals surface area contributed by atoms with Crippen molar-refractivity contribution in [1.82, 2.24) is 5.32 Å². The molecule has 1 aliphatic carbocycles. The lowest BCUT2D eigenvalue weighted by molar-refractivity contribution is 0.0928. The highest BCUT2D eigenvalue weighted by atomic mass is 19.1. The number of hydrogen-bond acceptors (Lipinski definition) is 4. The van der Waals surface area contributed by atoms with E-state index in [4.69, 9.17) is 15.2 Å². The van der Waals surface area contributed by atoms with Gasteiger partial charge in [-0.05, 0) is 48.6 Å². The van der Waals surface area contributed by atoms with E-state index in [1.54, 1.807) is 0 Å². The van der Waals surface area contributed by atoms with Crippen LogP contribution in [0.1, 0.15) is 40.4 Å². The molecule has 1 aliphatic rings. The Morgan fingerprint density at radius 3 is 2.64 bits per heavy atom. The maximum atomic E-state index is 14.3. The number of hydrogen-bond donors (Lipinski definition) is 2. The van der Waals surface area contributed by atoms with Crippen molar-refractivity contribution in [2.45, 2.75) is 25.3 Å². The third-order valence-corrected chi connectivity index (χ3v) is 4.50. The van der Waals surface area contributed by atoms with Crippen LogP contribution in [0.3, 0.4) is 0 Å². The monoisotopic (exact) mass is 344 g/mol. The predicted molar refractivity (Wildman–Crippen MR) is 93.5 cm³/mol. The number of amides is 1. The quantitative estimate of drug-likeness (QED) is 0.835. The molecule has 3 rings (SSSR count). The minimum atomic E-state index is -0.650. The summed E-state index contributed by atoms with van der Waals surface area (Å²) in [5.74, 6) is -0.572. The molecule has 2 aromatic carbocycles. The van der Waals surface area contributed by atoms with Crippen LogP contribution in [0.25, 0.3) is 0 Å². The summed E-state index contributed by atoms with van der Waals surface area (Å²) in [6, 6.07) is 8.04. The lowest BCUT2D eigenvalue weighted by atomic mass is 9.87. The van der Waals surface area contributed by atoms with Gasteiger partial charge in [-0.1, -0.05) is 6.07 Å². The Hall–Kier alpha value is -2.76. The fourth-order valence-electron chi connectivity index (χ4n) is 3.25. The zero-order valence-electron chi connectivity index (χ0n) is 14.3. The molecule has 25 heavy (non-hydrogen) atoms. The van der Waals surface area contributed by atoms with Gasteiger partial charge < -0.3 is 20.5 Å². The summed E-state index contributed by atoms with van der Waals surface area (Å²) in [6.45, 7) is 0. The summed E-state index contributed by atoms with van der Waals surface area (Å²) in [4.78, 5) is 12.6. The summed E-state index contributed by atoms with van der Waals surface area (Å²) in [6.07, 6.45) is 2.67. The summed E-state index contributed by atoms with van der Waals surface area (Å²) < 4.78 is 24.5. The Kier molecular flexibility index (Phi) is 4.79. The molecule has 0 fully saturated rings. The first kappa shape index (κ1) is 17.1. The number of nitrogens with two attached hydrogens (primary N) is 1. The Balaban J connectivity index is 1.87. The molecule has 0 aliphatic heterocycles. The van der Waals surface area contributed by atoms with Crippen LogP contribution in [-0.4, -0.2) is 20.1 Å². The molecule has 1 atom stereocenters. The molecule has 6 heteroatoms. The first-order valence-corrected chi connectivity index (χ1v) is 8.14. The SMILES string of the molecule is COc1cc(F)c(C(=O)NC2CCCc3cc(N)ccc32)cc1OC. The molecule has 2 aromatic rings. The van der Waals surface area contributed by atoms with Crippen molar-refractivity contribution in [3.63, 3.8) is 0 Å². The van der Waals surface area contributed by atoms with Gasteiger partial charge in [-0.3, -0.25) is 4.79 Å². The molecular formula is C19H21FN2O3. The number of halogens is 1. The number of carbonyl (C=O) groups is 1. The number of anilines is 1. The van der Waals surface area contributed by atoms with Gasteiger partial charge in [-0.15, -0.1) is 0 Å². The van der Waals surface area contributed by atoms with E-state index < -0.39 is 11.7 Å². The van der Waals surface area contributed by atoms with Crippen molar-refractivity contribution in [1.29, 1.82) is 0 Å². The highest BCUT2D eigenvalue weighted by Gasteiger charge is 2.24. The van der Waals surface area contributed by atoms with E-state index in [9.17, 15) is 9.18 Å². The number of carbonyl (C=O) groups excluding carboxylic acids is 1. The fourth-order valence-corrected chi connectivity index (χ4v) is 3.25. The highest BCUT2D eigenvalue weighted by Crippen LogP contribution is 2.33. The van der Waals surface area contributed by atoms with Crippen LogP contribution < -0.4 is 20.5 Å². The van der Waals surface area contributed by atoms with Crippen LogP contribution in [0.15, 0.2) is 30.3 Å². The van der Waals surface area contributed by atoms with Gasteiger partial charge in [0, 0.05) is 11.8 Å². The first-order chi connectivity index (χ1) is 12.0. The van der Waals surface area contributed by atoms with Crippen molar-refractivity contribution in [2.24, 2.45) is 0 Å². The maximum Gasteiger partial charge on any atom is 0.254 e. The predicted octanol–water partition coefficient (Wildman–Crippen LogP) is 3.23. The second kappa shape index (κ2) is 7.01. The van der Waals surface area contributed by atoms with Gasteiger partial charge in [0.2, 0.25) is 0 Å². The largest absolute Gasteiger partial charge is 0.493 e. The minimum absolute atomic E-state index is 0.0692. The number of nitrogens with one attached hydrogen (secondary N) is 1. The zero-order valence-corrected chi connectivity index (χ0v) is 14.3. The summed E-state index contributed by atoms with van der Waals surface area (Å²) >= 11 is 0. The molecule has 132 valence electrons. The van der Waals surface area contributed by atoms with Crippen LogP contribution in [0.2, 0.25) is 0 Å². The molecule has 0 aromatic heterocycles. The Labute approximate surface area is 145 Å². The summed E-state index contributed by atoms with van der Waals surface area (Å²) in [5.41, 5.74) is 8.64. The Bertz CT molecular complexity index is 807. The third-order valence-electron chi connectivity index (χ3n) is 4.50. The van der Waals surface area contributed by atoms with E-state index in [-0.39, 0.29) is 17.4 Å². The van der Waals surface area contributed by atoms with Crippen molar-refractivity contribution < 1.29 is 18.7 Å². The van der Waals surface area contributed by atoms with Gasteiger partial charge in [-0.25, -0.2) is 4.39 Å².